The SMILES string of the molecule is CC(C)c1cc(NN)c2ccc(Cl)c(F)c2n1. The summed E-state index contributed by atoms with van der Waals surface area (Å²) in [7, 11) is 0. The van der Waals surface area contributed by atoms with Crippen molar-refractivity contribution in [1.29, 1.82) is 0 Å². The summed E-state index contributed by atoms with van der Waals surface area (Å²) in [4.78, 5) is 4.29. The van der Waals surface area contributed by atoms with Crippen molar-refractivity contribution in [2.24, 2.45) is 5.84 Å². The minimum absolute atomic E-state index is 0.0638. The highest BCUT2D eigenvalue weighted by molar-refractivity contribution is 6.31. The van der Waals surface area contributed by atoms with Gasteiger partial charge < -0.3 is 5.43 Å². The molecule has 0 aliphatic heterocycles. The molecule has 3 N–H and O–H groups in total. The van der Waals surface area contributed by atoms with Crippen LogP contribution in [0.1, 0.15) is 25.5 Å². The van der Waals surface area contributed by atoms with Crippen molar-refractivity contribution < 1.29 is 4.39 Å². The van der Waals surface area contributed by atoms with Crippen molar-refractivity contribution in [3.05, 3.63) is 34.7 Å². The maximum atomic E-state index is 13.9. The number of nitrogen functional groups attached to an aromatic ring is 1. The molecule has 0 radical (unpaired) electrons. The Balaban J connectivity index is 2.83. The van der Waals surface area contributed by atoms with E-state index in [9.17, 15) is 4.39 Å². The van der Waals surface area contributed by atoms with E-state index >= 15 is 0 Å². The first-order valence-corrected chi connectivity index (χ1v) is 5.67. The molecule has 0 unspecified atom stereocenters. The van der Waals surface area contributed by atoms with Gasteiger partial charge in [0.1, 0.15) is 5.52 Å². The second-order valence-electron chi connectivity index (χ2n) is 4.15. The largest absolute Gasteiger partial charge is 0.323 e. The van der Waals surface area contributed by atoms with E-state index in [2.05, 4.69) is 10.4 Å². The van der Waals surface area contributed by atoms with Crippen molar-refractivity contribution in [3.63, 3.8) is 0 Å². The van der Waals surface area contributed by atoms with Crippen LogP contribution >= 0.6 is 11.6 Å². The number of hydrazine groups is 1. The first kappa shape index (κ1) is 12.1. The number of nitrogens with one attached hydrogen (secondary N) is 1. The number of aromatic nitrogens is 1. The van der Waals surface area contributed by atoms with E-state index in [0.717, 1.165) is 5.69 Å². The van der Waals surface area contributed by atoms with Crippen LogP contribution in [0, 0.1) is 5.82 Å². The topological polar surface area (TPSA) is 50.9 Å². The zero-order valence-corrected chi connectivity index (χ0v) is 10.3. The molecule has 5 heteroatoms. The lowest BCUT2D eigenvalue weighted by Gasteiger charge is -2.12. The summed E-state index contributed by atoms with van der Waals surface area (Å²) in [5.74, 6) is 5.11. The summed E-state index contributed by atoms with van der Waals surface area (Å²) in [6.07, 6.45) is 0. The predicted molar refractivity (Wildman–Crippen MR) is 68.6 cm³/mol. The van der Waals surface area contributed by atoms with Gasteiger partial charge in [-0.3, -0.25) is 5.84 Å². The van der Waals surface area contributed by atoms with Gasteiger partial charge in [-0.05, 0) is 24.1 Å². The molecular weight excluding hydrogens is 241 g/mol. The monoisotopic (exact) mass is 253 g/mol. The number of rotatable bonds is 2. The van der Waals surface area contributed by atoms with Crippen molar-refractivity contribution in [2.45, 2.75) is 19.8 Å². The molecule has 0 aliphatic carbocycles. The van der Waals surface area contributed by atoms with E-state index in [-0.39, 0.29) is 16.5 Å². The van der Waals surface area contributed by atoms with Crippen LogP contribution in [0.25, 0.3) is 10.9 Å². The van der Waals surface area contributed by atoms with Gasteiger partial charge in [0.15, 0.2) is 5.82 Å². The first-order valence-electron chi connectivity index (χ1n) is 5.30. The molecule has 0 saturated heterocycles. The number of fused-ring (bicyclic) bond motifs is 1. The molecule has 1 aromatic carbocycles. The fraction of sp³-hybridized carbons (Fsp3) is 0.250. The van der Waals surface area contributed by atoms with Crippen molar-refractivity contribution in [2.75, 3.05) is 5.43 Å². The van der Waals surface area contributed by atoms with Crippen molar-refractivity contribution in [3.8, 4) is 0 Å². The minimum atomic E-state index is -0.511. The summed E-state index contributed by atoms with van der Waals surface area (Å²) < 4.78 is 13.9. The molecule has 0 fully saturated rings. The van der Waals surface area contributed by atoms with Gasteiger partial charge in [0.05, 0.1) is 10.7 Å². The van der Waals surface area contributed by atoms with Gasteiger partial charge in [-0.25, -0.2) is 9.37 Å². The van der Waals surface area contributed by atoms with E-state index in [4.69, 9.17) is 17.4 Å². The molecular formula is C12H13ClFN3. The van der Waals surface area contributed by atoms with E-state index in [0.29, 0.717) is 11.1 Å². The molecule has 2 aromatic rings. The number of anilines is 1. The Morgan fingerprint density at radius 1 is 1.41 bits per heavy atom. The number of hydrogen-bond donors (Lipinski definition) is 2. The van der Waals surface area contributed by atoms with Gasteiger partial charge in [0, 0.05) is 11.1 Å². The number of pyridine rings is 1. The number of hydrogen-bond acceptors (Lipinski definition) is 3. The zero-order chi connectivity index (χ0) is 12.6. The average molecular weight is 254 g/mol. The molecule has 17 heavy (non-hydrogen) atoms. The highest BCUT2D eigenvalue weighted by Crippen LogP contribution is 2.30. The van der Waals surface area contributed by atoms with Crippen LogP contribution in [-0.4, -0.2) is 4.98 Å². The fourth-order valence-electron chi connectivity index (χ4n) is 1.67. The molecule has 1 aromatic heterocycles. The second-order valence-corrected chi connectivity index (χ2v) is 4.56. The highest BCUT2D eigenvalue weighted by Gasteiger charge is 2.13. The third kappa shape index (κ3) is 2.06. The average Bonchev–Trinajstić information content (AvgIpc) is 2.32. The van der Waals surface area contributed by atoms with Crippen LogP contribution in [0.3, 0.4) is 0 Å². The Kier molecular flexibility index (Phi) is 3.17. The van der Waals surface area contributed by atoms with Crippen LogP contribution in [0.5, 0.6) is 0 Å². The van der Waals surface area contributed by atoms with Crippen molar-refractivity contribution >= 4 is 28.2 Å². The van der Waals surface area contributed by atoms with Gasteiger partial charge in [-0.1, -0.05) is 25.4 Å². The molecule has 0 saturated carbocycles. The lowest BCUT2D eigenvalue weighted by molar-refractivity contribution is 0.636. The van der Waals surface area contributed by atoms with Crippen molar-refractivity contribution in [1.82, 2.24) is 4.98 Å². The molecule has 0 spiro atoms. The zero-order valence-electron chi connectivity index (χ0n) is 9.59. The second kappa shape index (κ2) is 4.47. The van der Waals surface area contributed by atoms with Crippen LogP contribution in [-0.2, 0) is 0 Å². The van der Waals surface area contributed by atoms with Crippen LogP contribution in [0.4, 0.5) is 10.1 Å². The molecule has 2 rings (SSSR count). The number of nitrogens with two attached hydrogens (primary N) is 1. The Morgan fingerprint density at radius 2 is 2.12 bits per heavy atom. The lowest BCUT2D eigenvalue weighted by Crippen LogP contribution is -2.09. The molecule has 0 atom stereocenters. The molecule has 90 valence electrons. The normalized spacial score (nSPS) is 11.2. The van der Waals surface area contributed by atoms with Gasteiger partial charge in [0.2, 0.25) is 0 Å². The van der Waals surface area contributed by atoms with Crippen LogP contribution < -0.4 is 11.3 Å². The standard InChI is InChI=1S/C12H13ClFN3/c1-6(2)9-5-10(17-15)7-3-4-8(13)11(14)12(7)16-9/h3-6H,15H2,1-2H3,(H,16,17). The van der Waals surface area contributed by atoms with E-state index < -0.39 is 5.82 Å². The number of halogens is 2. The molecule has 0 aliphatic rings. The fourth-order valence-corrected chi connectivity index (χ4v) is 1.82. The first-order chi connectivity index (χ1) is 8.04. The quantitative estimate of drug-likeness (QED) is 0.637. The van der Waals surface area contributed by atoms with Gasteiger partial charge in [-0.2, -0.15) is 0 Å². The maximum Gasteiger partial charge on any atom is 0.168 e. The number of nitrogens with zero attached hydrogens (tertiary/aromatic N) is 1. The van der Waals surface area contributed by atoms with Gasteiger partial charge in [0.25, 0.3) is 0 Å². The maximum absolute atomic E-state index is 13.9. The van der Waals surface area contributed by atoms with Gasteiger partial charge in [-0.15, -0.1) is 0 Å². The Bertz CT molecular complexity index is 569. The lowest BCUT2D eigenvalue weighted by atomic mass is 10.1. The summed E-state index contributed by atoms with van der Waals surface area (Å²) in [5, 5.41) is 0.688. The van der Waals surface area contributed by atoms with E-state index in [1.54, 1.807) is 6.07 Å². The summed E-state index contributed by atoms with van der Waals surface area (Å²) >= 11 is 5.75. The van der Waals surface area contributed by atoms with Crippen LogP contribution in [0.2, 0.25) is 5.02 Å². The Labute approximate surface area is 104 Å². The summed E-state index contributed by atoms with van der Waals surface area (Å²) in [5.41, 5.74) is 4.23. The van der Waals surface area contributed by atoms with E-state index in [1.807, 2.05) is 19.9 Å². The molecule has 0 amide bonds. The third-order valence-corrected chi connectivity index (χ3v) is 2.93. The molecule has 3 nitrogen and oxygen atoms in total. The minimum Gasteiger partial charge on any atom is -0.323 e. The summed E-state index contributed by atoms with van der Waals surface area (Å²) in [6, 6.07) is 5.02. The Morgan fingerprint density at radius 3 is 2.71 bits per heavy atom. The van der Waals surface area contributed by atoms with Gasteiger partial charge >= 0.3 is 0 Å². The highest BCUT2D eigenvalue weighted by atomic mass is 35.5. The summed E-state index contributed by atoms with van der Waals surface area (Å²) in [6.45, 7) is 3.97. The third-order valence-electron chi connectivity index (χ3n) is 2.64. The van der Waals surface area contributed by atoms with Crippen LogP contribution in [0.15, 0.2) is 18.2 Å². The smallest absolute Gasteiger partial charge is 0.168 e. The number of benzene rings is 1. The molecule has 1 heterocycles. The predicted octanol–water partition coefficient (Wildman–Crippen LogP) is 3.44. The Hall–Kier alpha value is -1.39. The molecule has 0 bridgehead atoms. The van der Waals surface area contributed by atoms with E-state index in [1.165, 1.54) is 6.07 Å².